The minimum atomic E-state index is -2.15. The van der Waals surface area contributed by atoms with E-state index in [2.05, 4.69) is 41.0 Å². The normalized spacial score (nSPS) is 11.8. The molecule has 0 aromatic carbocycles. The van der Waals surface area contributed by atoms with Crippen molar-refractivity contribution in [2.45, 2.75) is 72.6 Å². The SMILES string of the molecule is CCC[CH2][Sn](/[CH]=C\CNC(=O)OC)([CH2]CCC)[CH2]CCC. The van der Waals surface area contributed by atoms with Gasteiger partial charge in [-0.1, -0.05) is 0 Å². The molecule has 0 radical (unpaired) electrons. The van der Waals surface area contributed by atoms with E-state index < -0.39 is 18.4 Å². The Morgan fingerprint density at radius 2 is 1.48 bits per heavy atom. The molecule has 0 aliphatic heterocycles. The maximum atomic E-state index is 11.1. The quantitative estimate of drug-likeness (QED) is 0.449. The topological polar surface area (TPSA) is 38.3 Å². The van der Waals surface area contributed by atoms with Gasteiger partial charge in [0.2, 0.25) is 0 Å². The monoisotopic (exact) mass is 405 g/mol. The van der Waals surface area contributed by atoms with Crippen LogP contribution in [0.5, 0.6) is 0 Å². The average molecular weight is 404 g/mol. The van der Waals surface area contributed by atoms with Gasteiger partial charge in [-0.3, -0.25) is 0 Å². The Balaban J connectivity index is 4.68. The van der Waals surface area contributed by atoms with Gasteiger partial charge in [0.1, 0.15) is 0 Å². The van der Waals surface area contributed by atoms with Gasteiger partial charge in [0, 0.05) is 0 Å². The van der Waals surface area contributed by atoms with Gasteiger partial charge in [-0.15, -0.1) is 0 Å². The molecule has 0 heterocycles. The Hall–Kier alpha value is -0.191. The first-order valence-corrected chi connectivity index (χ1v) is 16.3. The Kier molecular flexibility index (Phi) is 13.3. The fraction of sp³-hybridized carbons (Fsp3) is 0.824. The van der Waals surface area contributed by atoms with Crippen molar-refractivity contribution >= 4 is 24.5 Å². The van der Waals surface area contributed by atoms with E-state index in [4.69, 9.17) is 0 Å². The number of alkyl carbamates (subject to hydrolysis) is 1. The summed E-state index contributed by atoms with van der Waals surface area (Å²) in [4.78, 5) is 11.1. The fourth-order valence-electron chi connectivity index (χ4n) is 2.73. The predicted molar refractivity (Wildman–Crippen MR) is 94.4 cm³/mol. The zero-order chi connectivity index (χ0) is 16.0. The van der Waals surface area contributed by atoms with E-state index in [-0.39, 0.29) is 6.09 Å². The molecule has 0 aromatic rings. The van der Waals surface area contributed by atoms with E-state index in [1.54, 1.807) is 0 Å². The zero-order valence-corrected chi connectivity index (χ0v) is 17.4. The Morgan fingerprint density at radius 1 is 1.00 bits per heavy atom. The van der Waals surface area contributed by atoms with Gasteiger partial charge in [0.15, 0.2) is 0 Å². The van der Waals surface area contributed by atoms with Crippen LogP contribution in [0.2, 0.25) is 13.3 Å². The van der Waals surface area contributed by atoms with Crippen molar-refractivity contribution in [3.05, 3.63) is 10.2 Å². The van der Waals surface area contributed by atoms with Crippen LogP contribution in [0.1, 0.15) is 59.3 Å². The van der Waals surface area contributed by atoms with Crippen LogP contribution in [-0.4, -0.2) is 38.1 Å². The summed E-state index contributed by atoms with van der Waals surface area (Å²) in [6, 6.07) is 0. The number of hydrogen-bond acceptors (Lipinski definition) is 2. The molecule has 4 heteroatoms. The van der Waals surface area contributed by atoms with Crippen molar-refractivity contribution < 1.29 is 9.53 Å². The number of methoxy groups -OCH3 is 1. The van der Waals surface area contributed by atoms with Crippen LogP contribution in [-0.2, 0) is 4.74 Å². The summed E-state index contributed by atoms with van der Waals surface area (Å²) >= 11 is -2.15. The van der Waals surface area contributed by atoms with Crippen molar-refractivity contribution in [3.8, 4) is 0 Å². The molecule has 0 unspecified atom stereocenters. The van der Waals surface area contributed by atoms with E-state index in [0.29, 0.717) is 6.54 Å². The Bertz CT molecular complexity index is 271. The molecule has 0 saturated carbocycles. The number of nitrogens with one attached hydrogen (secondary N) is 1. The van der Waals surface area contributed by atoms with Crippen LogP contribution in [0.3, 0.4) is 0 Å². The van der Waals surface area contributed by atoms with Crippen LogP contribution in [0.25, 0.3) is 0 Å². The number of rotatable bonds is 12. The Morgan fingerprint density at radius 3 is 1.86 bits per heavy atom. The van der Waals surface area contributed by atoms with Gasteiger partial charge in [-0.2, -0.15) is 0 Å². The van der Waals surface area contributed by atoms with E-state index >= 15 is 0 Å². The van der Waals surface area contributed by atoms with E-state index in [1.165, 1.54) is 58.9 Å². The molecule has 0 bridgehead atoms. The first kappa shape index (κ1) is 20.8. The number of amides is 1. The fourth-order valence-corrected chi connectivity index (χ4v) is 17.1. The molecule has 0 saturated heterocycles. The summed E-state index contributed by atoms with van der Waals surface area (Å²) in [5.74, 6) is 0. The Labute approximate surface area is 135 Å². The minimum absolute atomic E-state index is 0.337. The van der Waals surface area contributed by atoms with E-state index in [1.807, 2.05) is 0 Å². The van der Waals surface area contributed by atoms with Crippen molar-refractivity contribution in [1.82, 2.24) is 5.32 Å². The van der Waals surface area contributed by atoms with Gasteiger partial charge < -0.3 is 0 Å². The number of hydrogen-bond donors (Lipinski definition) is 1. The molecular weight excluding hydrogens is 369 g/mol. The molecule has 0 aromatic heterocycles. The van der Waals surface area contributed by atoms with Crippen LogP contribution in [0, 0.1) is 0 Å². The van der Waals surface area contributed by atoms with E-state index in [9.17, 15) is 4.79 Å². The number of ether oxygens (including phenoxy) is 1. The summed E-state index contributed by atoms with van der Waals surface area (Å²) in [7, 11) is 1.41. The standard InChI is InChI=1S/C5H8NO2.3C4H9.Sn/c1-3-4-6-5(7)8-2;3*1-3-4-2;/h1,3H,4H2,2H3,(H,6,7);3*1,3-4H2,2H3;. The molecule has 0 aliphatic carbocycles. The summed E-state index contributed by atoms with van der Waals surface area (Å²) in [6.45, 7) is 7.48. The summed E-state index contributed by atoms with van der Waals surface area (Å²) in [5.41, 5.74) is 0. The van der Waals surface area contributed by atoms with Gasteiger partial charge in [0.05, 0.1) is 0 Å². The second-order valence-corrected chi connectivity index (χ2v) is 19.0. The summed E-state index contributed by atoms with van der Waals surface area (Å²) in [5, 5.41) is 2.76. The third-order valence-corrected chi connectivity index (χ3v) is 18.4. The molecule has 0 aliphatic rings. The van der Waals surface area contributed by atoms with Gasteiger partial charge in [-0.25, -0.2) is 0 Å². The second kappa shape index (κ2) is 13.5. The van der Waals surface area contributed by atoms with Gasteiger partial charge in [-0.05, 0) is 0 Å². The average Bonchev–Trinajstić information content (AvgIpc) is 2.52. The van der Waals surface area contributed by atoms with Crippen molar-refractivity contribution in [3.63, 3.8) is 0 Å². The molecular formula is C17H35NO2Sn. The van der Waals surface area contributed by atoms with Crippen LogP contribution < -0.4 is 5.32 Å². The molecule has 1 N–H and O–H groups in total. The van der Waals surface area contributed by atoms with Crippen LogP contribution in [0.4, 0.5) is 4.79 Å². The molecule has 0 fully saturated rings. The van der Waals surface area contributed by atoms with Crippen LogP contribution >= 0.6 is 0 Å². The molecule has 0 rings (SSSR count). The van der Waals surface area contributed by atoms with Crippen LogP contribution in [0.15, 0.2) is 10.2 Å². The number of carbonyl (C=O) groups excluding carboxylic acids is 1. The van der Waals surface area contributed by atoms with E-state index in [0.717, 1.165) is 0 Å². The molecule has 0 spiro atoms. The van der Waals surface area contributed by atoms with Gasteiger partial charge >= 0.3 is 136 Å². The van der Waals surface area contributed by atoms with Crippen molar-refractivity contribution in [2.24, 2.45) is 0 Å². The predicted octanol–water partition coefficient (Wildman–Crippen LogP) is 5.29. The zero-order valence-electron chi connectivity index (χ0n) is 14.5. The molecule has 1 amide bonds. The molecule has 124 valence electrons. The molecule has 0 atom stereocenters. The first-order chi connectivity index (χ1) is 10.1. The van der Waals surface area contributed by atoms with Gasteiger partial charge in [0.25, 0.3) is 0 Å². The molecule has 21 heavy (non-hydrogen) atoms. The third-order valence-electron chi connectivity index (χ3n) is 4.11. The molecule has 3 nitrogen and oxygen atoms in total. The second-order valence-electron chi connectivity index (χ2n) is 5.95. The summed E-state index contributed by atoms with van der Waals surface area (Å²) in [6.07, 6.45) is 9.88. The first-order valence-electron chi connectivity index (χ1n) is 8.63. The maximum absolute atomic E-state index is 11.1. The number of unbranched alkanes of at least 4 members (excludes halogenated alkanes) is 3. The number of carbonyl (C=O) groups is 1. The van der Waals surface area contributed by atoms with Crippen molar-refractivity contribution in [2.75, 3.05) is 13.7 Å². The summed E-state index contributed by atoms with van der Waals surface area (Å²) < 4.78 is 11.6. The third kappa shape index (κ3) is 10.2. The van der Waals surface area contributed by atoms with Crippen molar-refractivity contribution in [1.29, 1.82) is 0 Å².